The summed E-state index contributed by atoms with van der Waals surface area (Å²) in [5.74, 6) is 1.95. The monoisotopic (exact) mass is 457 g/mol. The molecule has 3 heteroatoms. The highest BCUT2D eigenvalue weighted by molar-refractivity contribution is 5.73. The highest BCUT2D eigenvalue weighted by Gasteiger charge is 2.26. The van der Waals surface area contributed by atoms with Gasteiger partial charge >= 0.3 is 0 Å². The maximum Gasteiger partial charge on any atom is 0.0954 e. The lowest BCUT2D eigenvalue weighted by Crippen LogP contribution is -2.38. The molecule has 0 bridgehead atoms. The molecule has 2 aliphatic rings. The van der Waals surface area contributed by atoms with Crippen LogP contribution in [0.1, 0.15) is 55.4 Å². The minimum atomic E-state index is 0.422. The Bertz CT molecular complexity index is 1010. The molecular formula is C31H43N3. The van der Waals surface area contributed by atoms with Gasteiger partial charge in [-0.25, -0.2) is 0 Å². The van der Waals surface area contributed by atoms with Crippen molar-refractivity contribution < 1.29 is 0 Å². The lowest BCUT2D eigenvalue weighted by Gasteiger charge is -2.34. The van der Waals surface area contributed by atoms with Crippen LogP contribution >= 0.6 is 0 Å². The number of nitrogens with one attached hydrogen (secondary N) is 2. The van der Waals surface area contributed by atoms with Crippen molar-refractivity contribution in [2.24, 2.45) is 11.8 Å². The predicted molar refractivity (Wildman–Crippen MR) is 149 cm³/mol. The summed E-state index contributed by atoms with van der Waals surface area (Å²) in [6, 6.07) is 15.4. The van der Waals surface area contributed by atoms with Gasteiger partial charge in [0.15, 0.2) is 0 Å². The molecule has 1 heterocycles. The molecule has 1 saturated heterocycles. The minimum Gasteiger partial charge on any atom is -0.372 e. The predicted octanol–water partition coefficient (Wildman–Crippen LogP) is 6.99. The van der Waals surface area contributed by atoms with Crippen molar-refractivity contribution in [3.05, 3.63) is 96.0 Å². The van der Waals surface area contributed by atoms with Crippen molar-refractivity contribution in [3.63, 3.8) is 0 Å². The van der Waals surface area contributed by atoms with Gasteiger partial charge in [0, 0.05) is 31.0 Å². The third kappa shape index (κ3) is 6.34. The second kappa shape index (κ2) is 12.0. The average Bonchev–Trinajstić information content (AvgIpc) is 3.13. The Morgan fingerprint density at radius 2 is 1.74 bits per heavy atom. The van der Waals surface area contributed by atoms with Crippen LogP contribution in [0.2, 0.25) is 0 Å². The molecule has 0 radical (unpaired) electrons. The van der Waals surface area contributed by atoms with Crippen LogP contribution in [-0.2, 0) is 6.42 Å². The number of nitrogens with zero attached hydrogens (tertiary/aromatic N) is 1. The summed E-state index contributed by atoms with van der Waals surface area (Å²) in [6.45, 7) is 24.4. The van der Waals surface area contributed by atoms with Crippen LogP contribution in [-0.4, -0.2) is 19.6 Å². The molecule has 3 nitrogen and oxygen atoms in total. The van der Waals surface area contributed by atoms with Gasteiger partial charge in [-0.2, -0.15) is 0 Å². The molecule has 1 unspecified atom stereocenters. The second-order valence-corrected chi connectivity index (χ2v) is 9.60. The molecule has 1 aliphatic carbocycles. The summed E-state index contributed by atoms with van der Waals surface area (Å²) in [5, 5.41) is 6.90. The van der Waals surface area contributed by atoms with Crippen LogP contribution in [0, 0.1) is 25.7 Å². The van der Waals surface area contributed by atoms with E-state index in [1.165, 1.54) is 46.4 Å². The van der Waals surface area contributed by atoms with Crippen molar-refractivity contribution in [2.45, 2.75) is 53.4 Å². The van der Waals surface area contributed by atoms with Crippen LogP contribution < -0.4 is 15.5 Å². The number of aryl methyl sites for hydroxylation is 2. The molecule has 182 valence electrons. The lowest BCUT2D eigenvalue weighted by molar-refractivity contribution is 0.391. The molecular weight excluding hydrogens is 414 g/mol. The quantitative estimate of drug-likeness (QED) is 0.447. The molecule has 2 aromatic carbocycles. The summed E-state index contributed by atoms with van der Waals surface area (Å²) >= 11 is 0. The molecule has 2 aromatic rings. The highest BCUT2D eigenvalue weighted by Crippen LogP contribution is 2.39. The fourth-order valence-corrected chi connectivity index (χ4v) is 5.18. The van der Waals surface area contributed by atoms with Crippen LogP contribution in [0.25, 0.3) is 5.57 Å². The maximum absolute atomic E-state index is 4.36. The first-order valence-electron chi connectivity index (χ1n) is 12.9. The van der Waals surface area contributed by atoms with Crippen molar-refractivity contribution in [2.75, 3.05) is 24.5 Å². The molecule has 0 saturated carbocycles. The normalized spacial score (nSPS) is 17.5. The van der Waals surface area contributed by atoms with Gasteiger partial charge < -0.3 is 15.5 Å². The van der Waals surface area contributed by atoms with Gasteiger partial charge in [0.05, 0.1) is 5.82 Å². The Morgan fingerprint density at radius 1 is 1.03 bits per heavy atom. The molecule has 1 atom stereocenters. The van der Waals surface area contributed by atoms with E-state index in [0.29, 0.717) is 11.8 Å². The van der Waals surface area contributed by atoms with Crippen LogP contribution in [0.4, 0.5) is 5.69 Å². The van der Waals surface area contributed by atoms with Gasteiger partial charge in [-0.05, 0) is 79.7 Å². The molecule has 4 rings (SSSR count). The van der Waals surface area contributed by atoms with E-state index in [-0.39, 0.29) is 0 Å². The van der Waals surface area contributed by atoms with Gasteiger partial charge in [0.25, 0.3) is 0 Å². The van der Waals surface area contributed by atoms with E-state index in [1.807, 2.05) is 13.8 Å². The topological polar surface area (TPSA) is 27.3 Å². The fraction of sp³-hybridized carbons (Fsp3) is 0.419. The zero-order chi connectivity index (χ0) is 24.7. The Labute approximate surface area is 207 Å². The minimum absolute atomic E-state index is 0.422. The summed E-state index contributed by atoms with van der Waals surface area (Å²) in [7, 11) is 0. The SMILES string of the molecule is C=C(CC1Cc2cc(C)ccc2C1=C)NC(=C)NCC1CCN(c2ccccc2C)CC1.CC. The fourth-order valence-electron chi connectivity index (χ4n) is 5.18. The molecule has 0 aromatic heterocycles. The second-order valence-electron chi connectivity index (χ2n) is 9.60. The summed E-state index contributed by atoms with van der Waals surface area (Å²) in [4.78, 5) is 2.52. The van der Waals surface area contributed by atoms with Gasteiger partial charge in [-0.3, -0.25) is 0 Å². The van der Waals surface area contributed by atoms with E-state index in [0.717, 1.165) is 44.0 Å². The van der Waals surface area contributed by atoms with E-state index < -0.39 is 0 Å². The number of hydrogen-bond donors (Lipinski definition) is 2. The first kappa shape index (κ1) is 25.7. The lowest BCUT2D eigenvalue weighted by atomic mass is 9.95. The van der Waals surface area contributed by atoms with E-state index in [2.05, 4.69) is 91.6 Å². The summed E-state index contributed by atoms with van der Waals surface area (Å²) < 4.78 is 0. The first-order valence-corrected chi connectivity index (χ1v) is 12.9. The smallest absolute Gasteiger partial charge is 0.0954 e. The number of allylic oxidation sites excluding steroid dienone is 2. The number of fused-ring (bicyclic) bond motifs is 1. The van der Waals surface area contributed by atoms with E-state index >= 15 is 0 Å². The molecule has 1 aliphatic heterocycles. The number of piperidine rings is 1. The first-order chi connectivity index (χ1) is 16.4. The third-order valence-corrected chi connectivity index (χ3v) is 7.06. The Balaban J connectivity index is 0.00000158. The van der Waals surface area contributed by atoms with Crippen molar-refractivity contribution >= 4 is 11.3 Å². The number of rotatable bonds is 8. The number of para-hydroxylation sites is 1. The van der Waals surface area contributed by atoms with Crippen LogP contribution in [0.5, 0.6) is 0 Å². The zero-order valence-electron chi connectivity index (χ0n) is 21.7. The van der Waals surface area contributed by atoms with Crippen molar-refractivity contribution in [1.29, 1.82) is 0 Å². The Morgan fingerprint density at radius 3 is 2.44 bits per heavy atom. The molecule has 0 amide bonds. The van der Waals surface area contributed by atoms with E-state index in [9.17, 15) is 0 Å². The third-order valence-electron chi connectivity index (χ3n) is 7.06. The van der Waals surface area contributed by atoms with Crippen LogP contribution in [0.3, 0.4) is 0 Å². The standard InChI is InChI=1S/C29H37N3.C2H6/c1-20-10-11-28-23(4)26(18-27(28)16-20)17-22(3)31-24(5)30-19-25-12-14-32(15-13-25)29-9-7-6-8-21(29)2;1-2/h6-11,16,25-26,30-31H,3-5,12-15,17-19H2,1-2H3;1-2H3. The van der Waals surface area contributed by atoms with Crippen molar-refractivity contribution in [1.82, 2.24) is 10.6 Å². The van der Waals surface area contributed by atoms with Gasteiger partial charge in [0.2, 0.25) is 0 Å². The molecule has 2 N–H and O–H groups in total. The molecule has 1 fully saturated rings. The average molecular weight is 458 g/mol. The van der Waals surface area contributed by atoms with E-state index in [1.54, 1.807) is 0 Å². The largest absolute Gasteiger partial charge is 0.372 e. The Hall–Kier alpha value is -2.94. The highest BCUT2D eigenvalue weighted by atomic mass is 15.1. The van der Waals surface area contributed by atoms with Gasteiger partial charge in [-0.15, -0.1) is 0 Å². The molecule has 34 heavy (non-hydrogen) atoms. The number of hydrogen-bond acceptors (Lipinski definition) is 3. The van der Waals surface area contributed by atoms with Crippen molar-refractivity contribution in [3.8, 4) is 0 Å². The van der Waals surface area contributed by atoms with Gasteiger partial charge in [-0.1, -0.05) is 75.5 Å². The summed E-state index contributed by atoms with van der Waals surface area (Å²) in [6.07, 6.45) is 4.35. The maximum atomic E-state index is 4.36. The molecule has 0 spiro atoms. The van der Waals surface area contributed by atoms with Gasteiger partial charge in [0.1, 0.15) is 0 Å². The zero-order valence-corrected chi connectivity index (χ0v) is 21.7. The summed E-state index contributed by atoms with van der Waals surface area (Å²) in [5.41, 5.74) is 9.05. The number of anilines is 1. The number of benzene rings is 2. The Kier molecular flexibility index (Phi) is 9.04. The van der Waals surface area contributed by atoms with E-state index in [4.69, 9.17) is 0 Å². The van der Waals surface area contributed by atoms with Crippen LogP contribution in [0.15, 0.2) is 73.7 Å².